The molecule has 7 nitrogen and oxygen atoms in total. The normalized spacial score (nSPS) is 14.5. The van der Waals surface area contributed by atoms with Gasteiger partial charge in [-0.25, -0.2) is 4.39 Å². The summed E-state index contributed by atoms with van der Waals surface area (Å²) in [5.41, 5.74) is 1.10. The Morgan fingerprint density at radius 1 is 1.14 bits per heavy atom. The molecule has 0 aromatic heterocycles. The lowest BCUT2D eigenvalue weighted by Gasteiger charge is -2.31. The SMILES string of the molecule is O=C(Nc1cccc([N+](=O)[O-])c1)C(=O)N1CCC(Cc2ccc(F)cc2)CC1. The number of anilines is 1. The minimum Gasteiger partial charge on any atom is -0.334 e. The lowest BCUT2D eigenvalue weighted by Crippen LogP contribution is -2.44. The van der Waals surface area contributed by atoms with Crippen LogP contribution in [0, 0.1) is 21.8 Å². The van der Waals surface area contributed by atoms with Crippen LogP contribution in [0.5, 0.6) is 0 Å². The molecule has 2 aromatic carbocycles. The molecule has 0 atom stereocenters. The summed E-state index contributed by atoms with van der Waals surface area (Å²) in [7, 11) is 0. The van der Waals surface area contributed by atoms with Crippen LogP contribution in [0.25, 0.3) is 0 Å². The fourth-order valence-electron chi connectivity index (χ4n) is 3.32. The van der Waals surface area contributed by atoms with Gasteiger partial charge in [-0.05, 0) is 48.9 Å². The fraction of sp³-hybridized carbons (Fsp3) is 0.300. The number of likely N-dealkylation sites (tertiary alicyclic amines) is 1. The highest BCUT2D eigenvalue weighted by molar-refractivity contribution is 6.39. The van der Waals surface area contributed by atoms with Crippen molar-refractivity contribution in [3.63, 3.8) is 0 Å². The van der Waals surface area contributed by atoms with Gasteiger partial charge in [-0.2, -0.15) is 0 Å². The number of piperidine rings is 1. The maximum Gasteiger partial charge on any atom is 0.313 e. The molecule has 0 saturated carbocycles. The van der Waals surface area contributed by atoms with Gasteiger partial charge >= 0.3 is 11.8 Å². The summed E-state index contributed by atoms with van der Waals surface area (Å²) < 4.78 is 13.0. The summed E-state index contributed by atoms with van der Waals surface area (Å²) in [5.74, 6) is -1.35. The Hall–Kier alpha value is -3.29. The van der Waals surface area contributed by atoms with Gasteiger partial charge in [0.1, 0.15) is 5.82 Å². The Morgan fingerprint density at radius 3 is 2.46 bits per heavy atom. The first kappa shape index (κ1) is 19.5. The number of carbonyl (C=O) groups excluding carboxylic acids is 2. The maximum atomic E-state index is 13.0. The van der Waals surface area contributed by atoms with Crippen LogP contribution in [-0.2, 0) is 16.0 Å². The Bertz CT molecular complexity index is 877. The lowest BCUT2D eigenvalue weighted by molar-refractivity contribution is -0.384. The summed E-state index contributed by atoms with van der Waals surface area (Å²) in [6.07, 6.45) is 2.32. The quantitative estimate of drug-likeness (QED) is 0.497. The number of nitrogens with one attached hydrogen (secondary N) is 1. The van der Waals surface area contributed by atoms with E-state index in [2.05, 4.69) is 5.32 Å². The minimum absolute atomic E-state index is 0.160. The molecule has 0 unspecified atom stereocenters. The monoisotopic (exact) mass is 385 g/mol. The second-order valence-corrected chi connectivity index (χ2v) is 6.83. The summed E-state index contributed by atoms with van der Waals surface area (Å²) in [4.78, 5) is 36.3. The van der Waals surface area contributed by atoms with E-state index in [4.69, 9.17) is 0 Å². The third-order valence-electron chi connectivity index (χ3n) is 4.85. The second-order valence-electron chi connectivity index (χ2n) is 6.83. The molecule has 1 fully saturated rings. The smallest absolute Gasteiger partial charge is 0.313 e. The molecule has 0 spiro atoms. The molecule has 1 aliphatic heterocycles. The Labute approximate surface area is 161 Å². The largest absolute Gasteiger partial charge is 0.334 e. The number of carbonyl (C=O) groups is 2. The van der Waals surface area contributed by atoms with Crippen molar-refractivity contribution in [3.05, 3.63) is 70.0 Å². The first-order valence-corrected chi connectivity index (χ1v) is 9.01. The van der Waals surface area contributed by atoms with Gasteiger partial charge in [-0.1, -0.05) is 18.2 Å². The molecule has 0 bridgehead atoms. The molecule has 0 radical (unpaired) electrons. The zero-order valence-electron chi connectivity index (χ0n) is 15.1. The standard InChI is InChI=1S/C20H20FN3O4/c21-16-6-4-14(5-7-16)12-15-8-10-23(11-9-15)20(26)19(25)22-17-2-1-3-18(13-17)24(27)28/h1-7,13,15H,8-12H2,(H,22,25). The highest BCUT2D eigenvalue weighted by atomic mass is 19.1. The number of nitro groups is 1. The summed E-state index contributed by atoms with van der Waals surface area (Å²) in [6.45, 7) is 0.931. The lowest BCUT2D eigenvalue weighted by atomic mass is 9.90. The molecule has 28 heavy (non-hydrogen) atoms. The van der Waals surface area contributed by atoms with E-state index < -0.39 is 16.7 Å². The summed E-state index contributed by atoms with van der Waals surface area (Å²) >= 11 is 0. The molecule has 146 valence electrons. The average Bonchev–Trinajstić information content (AvgIpc) is 2.70. The molecule has 1 N–H and O–H groups in total. The number of rotatable bonds is 4. The van der Waals surface area contributed by atoms with Crippen LogP contribution in [0.2, 0.25) is 0 Å². The van der Waals surface area contributed by atoms with Crippen molar-refractivity contribution in [1.29, 1.82) is 0 Å². The highest BCUT2D eigenvalue weighted by Crippen LogP contribution is 2.22. The fourth-order valence-corrected chi connectivity index (χ4v) is 3.32. The van der Waals surface area contributed by atoms with E-state index in [9.17, 15) is 24.1 Å². The van der Waals surface area contributed by atoms with E-state index in [0.29, 0.717) is 19.0 Å². The van der Waals surface area contributed by atoms with Crippen LogP contribution < -0.4 is 5.32 Å². The van der Waals surface area contributed by atoms with Crippen LogP contribution in [-0.4, -0.2) is 34.7 Å². The number of amides is 2. The van der Waals surface area contributed by atoms with E-state index in [1.807, 2.05) is 0 Å². The molecular formula is C20H20FN3O4. The van der Waals surface area contributed by atoms with Gasteiger partial charge < -0.3 is 10.2 Å². The molecule has 0 aliphatic carbocycles. The predicted molar refractivity (Wildman–Crippen MR) is 101 cm³/mol. The van der Waals surface area contributed by atoms with Gasteiger partial charge in [-0.15, -0.1) is 0 Å². The molecule has 1 aliphatic rings. The first-order valence-electron chi connectivity index (χ1n) is 9.01. The molecule has 1 heterocycles. The minimum atomic E-state index is -0.808. The number of non-ortho nitro benzene ring substituents is 1. The number of halogens is 1. The zero-order chi connectivity index (χ0) is 20.1. The van der Waals surface area contributed by atoms with Gasteiger partial charge in [0, 0.05) is 30.9 Å². The van der Waals surface area contributed by atoms with Gasteiger partial charge in [0.15, 0.2) is 0 Å². The number of nitro benzene ring substituents is 1. The molecule has 1 saturated heterocycles. The van der Waals surface area contributed by atoms with E-state index >= 15 is 0 Å². The summed E-state index contributed by atoms with van der Waals surface area (Å²) in [5, 5.41) is 13.2. The molecule has 2 aromatic rings. The van der Waals surface area contributed by atoms with Crippen molar-refractivity contribution in [3.8, 4) is 0 Å². The first-order chi connectivity index (χ1) is 13.4. The Morgan fingerprint density at radius 2 is 1.82 bits per heavy atom. The van der Waals surface area contributed by atoms with Crippen molar-refractivity contribution >= 4 is 23.2 Å². The van der Waals surface area contributed by atoms with E-state index in [-0.39, 0.29) is 17.2 Å². The van der Waals surface area contributed by atoms with Crippen LogP contribution in [0.4, 0.5) is 15.8 Å². The van der Waals surface area contributed by atoms with E-state index in [0.717, 1.165) is 24.8 Å². The van der Waals surface area contributed by atoms with Crippen molar-refractivity contribution in [2.24, 2.45) is 5.92 Å². The molecule has 3 rings (SSSR count). The van der Waals surface area contributed by atoms with Crippen LogP contribution in [0.15, 0.2) is 48.5 Å². The zero-order valence-corrected chi connectivity index (χ0v) is 15.1. The third kappa shape index (κ3) is 4.91. The molecule has 8 heteroatoms. The average molecular weight is 385 g/mol. The van der Waals surface area contributed by atoms with E-state index in [1.165, 1.54) is 41.3 Å². The van der Waals surface area contributed by atoms with Crippen LogP contribution in [0.3, 0.4) is 0 Å². The van der Waals surface area contributed by atoms with Crippen LogP contribution >= 0.6 is 0 Å². The van der Waals surface area contributed by atoms with Crippen molar-refractivity contribution in [2.45, 2.75) is 19.3 Å². The molecular weight excluding hydrogens is 365 g/mol. The van der Waals surface area contributed by atoms with Gasteiger partial charge in [0.05, 0.1) is 4.92 Å². The Balaban J connectivity index is 1.51. The number of hydrogen-bond acceptors (Lipinski definition) is 4. The third-order valence-corrected chi connectivity index (χ3v) is 4.85. The number of nitrogens with zero attached hydrogens (tertiary/aromatic N) is 2. The predicted octanol–water partition coefficient (Wildman–Crippen LogP) is 3.15. The number of benzene rings is 2. The summed E-state index contributed by atoms with van der Waals surface area (Å²) in [6, 6.07) is 11.9. The highest BCUT2D eigenvalue weighted by Gasteiger charge is 2.27. The Kier molecular flexibility index (Phi) is 5.98. The maximum absolute atomic E-state index is 13.0. The van der Waals surface area contributed by atoms with Gasteiger partial charge in [0.25, 0.3) is 5.69 Å². The van der Waals surface area contributed by atoms with Crippen molar-refractivity contribution < 1.29 is 18.9 Å². The van der Waals surface area contributed by atoms with Gasteiger partial charge in [0.2, 0.25) is 0 Å². The van der Waals surface area contributed by atoms with Crippen molar-refractivity contribution in [1.82, 2.24) is 4.90 Å². The topological polar surface area (TPSA) is 92.5 Å². The molecule has 2 amide bonds. The van der Waals surface area contributed by atoms with E-state index in [1.54, 1.807) is 12.1 Å². The van der Waals surface area contributed by atoms with Crippen molar-refractivity contribution in [2.75, 3.05) is 18.4 Å². The number of hydrogen-bond donors (Lipinski definition) is 1. The van der Waals surface area contributed by atoms with Gasteiger partial charge in [-0.3, -0.25) is 19.7 Å². The second kappa shape index (κ2) is 8.60. The van der Waals surface area contributed by atoms with Crippen LogP contribution in [0.1, 0.15) is 18.4 Å².